The van der Waals surface area contributed by atoms with Crippen LogP contribution in [0.3, 0.4) is 0 Å². The molecule has 2 aromatic heterocycles. The average molecular weight is 407 g/mol. The molecule has 30 heavy (non-hydrogen) atoms. The van der Waals surface area contributed by atoms with Gasteiger partial charge < -0.3 is 19.6 Å². The number of carbonyl (C=O) groups excluding carboxylic acids is 1. The number of benzene rings is 1. The van der Waals surface area contributed by atoms with Crippen LogP contribution in [-0.2, 0) is 0 Å². The Morgan fingerprint density at radius 2 is 1.77 bits per heavy atom. The molecule has 0 atom stereocenters. The zero-order valence-electron chi connectivity index (χ0n) is 16.8. The topological polar surface area (TPSA) is 100 Å². The number of hydrogen-bond donors (Lipinski definition) is 1. The molecular weight excluding hydrogens is 382 g/mol. The van der Waals surface area contributed by atoms with Gasteiger partial charge in [-0.1, -0.05) is 36.6 Å². The van der Waals surface area contributed by atoms with Gasteiger partial charge in [-0.05, 0) is 25.0 Å². The Bertz CT molecular complexity index is 1020. The second-order valence-electron chi connectivity index (χ2n) is 7.90. The lowest BCUT2D eigenvalue weighted by Crippen LogP contribution is -2.53. The summed E-state index contributed by atoms with van der Waals surface area (Å²) < 4.78 is 5.47. The van der Waals surface area contributed by atoms with Crippen LogP contribution in [0.2, 0.25) is 0 Å². The van der Waals surface area contributed by atoms with E-state index in [-0.39, 0.29) is 6.03 Å². The third-order valence-electron chi connectivity index (χ3n) is 5.86. The van der Waals surface area contributed by atoms with Crippen molar-refractivity contribution < 1.29 is 9.32 Å². The highest BCUT2D eigenvalue weighted by atomic mass is 16.5. The second kappa shape index (κ2) is 8.25. The van der Waals surface area contributed by atoms with E-state index >= 15 is 0 Å². The third kappa shape index (κ3) is 3.92. The van der Waals surface area contributed by atoms with Crippen molar-refractivity contribution in [1.82, 2.24) is 30.3 Å². The first-order chi connectivity index (χ1) is 14.8. The van der Waals surface area contributed by atoms with E-state index in [4.69, 9.17) is 4.52 Å². The van der Waals surface area contributed by atoms with Gasteiger partial charge in [-0.15, -0.1) is 0 Å². The predicted molar refractivity (Wildman–Crippen MR) is 112 cm³/mol. The zero-order chi connectivity index (χ0) is 20.3. The molecule has 2 aliphatic rings. The minimum atomic E-state index is 0.0409. The lowest BCUT2D eigenvalue weighted by Gasteiger charge is -2.35. The van der Waals surface area contributed by atoms with Crippen LogP contribution >= 0.6 is 0 Å². The van der Waals surface area contributed by atoms with E-state index in [9.17, 15) is 4.79 Å². The van der Waals surface area contributed by atoms with E-state index in [0.29, 0.717) is 49.8 Å². The number of urea groups is 1. The Hall–Kier alpha value is -3.23. The SMILES string of the molecule is O=C(NC1CCCCC1)N1CCN(c2nc(-c3cnc4ccccc4n3)no2)CC1. The molecule has 9 heteroatoms. The fraction of sp³-hybridized carbons (Fsp3) is 0.476. The minimum Gasteiger partial charge on any atom is -0.335 e. The monoisotopic (exact) mass is 407 g/mol. The summed E-state index contributed by atoms with van der Waals surface area (Å²) in [5.74, 6) is 0.417. The van der Waals surface area contributed by atoms with Gasteiger partial charge in [0.2, 0.25) is 5.82 Å². The van der Waals surface area contributed by atoms with Crippen LogP contribution in [0, 0.1) is 0 Å². The van der Waals surface area contributed by atoms with Gasteiger partial charge in [-0.3, -0.25) is 4.98 Å². The normalized spacial score (nSPS) is 18.0. The highest BCUT2D eigenvalue weighted by Crippen LogP contribution is 2.21. The number of para-hydroxylation sites is 2. The molecule has 1 N–H and O–H groups in total. The molecule has 156 valence electrons. The second-order valence-corrected chi connectivity index (χ2v) is 7.90. The van der Waals surface area contributed by atoms with Crippen molar-refractivity contribution in [2.45, 2.75) is 38.1 Å². The van der Waals surface area contributed by atoms with Gasteiger partial charge in [-0.2, -0.15) is 4.98 Å². The van der Waals surface area contributed by atoms with Gasteiger partial charge in [0, 0.05) is 32.2 Å². The maximum Gasteiger partial charge on any atom is 0.324 e. The number of carbonyl (C=O) groups is 1. The van der Waals surface area contributed by atoms with Crippen molar-refractivity contribution in [2.75, 3.05) is 31.1 Å². The van der Waals surface area contributed by atoms with E-state index in [0.717, 1.165) is 23.9 Å². The molecule has 3 aromatic rings. The summed E-state index contributed by atoms with van der Waals surface area (Å²) in [5.41, 5.74) is 2.20. The molecule has 0 radical (unpaired) electrons. The van der Waals surface area contributed by atoms with E-state index in [1.54, 1.807) is 6.20 Å². The van der Waals surface area contributed by atoms with Gasteiger partial charge >= 0.3 is 12.0 Å². The lowest BCUT2D eigenvalue weighted by molar-refractivity contribution is 0.185. The van der Waals surface area contributed by atoms with Crippen molar-refractivity contribution in [1.29, 1.82) is 0 Å². The van der Waals surface area contributed by atoms with Gasteiger partial charge in [0.05, 0.1) is 17.2 Å². The Labute approximate surface area is 174 Å². The van der Waals surface area contributed by atoms with Crippen LogP contribution in [0.1, 0.15) is 32.1 Å². The Morgan fingerprint density at radius 1 is 1.00 bits per heavy atom. The maximum absolute atomic E-state index is 12.5. The number of fused-ring (bicyclic) bond motifs is 1. The number of nitrogens with zero attached hydrogens (tertiary/aromatic N) is 6. The summed E-state index contributed by atoms with van der Waals surface area (Å²) >= 11 is 0. The lowest BCUT2D eigenvalue weighted by atomic mass is 9.96. The Balaban J connectivity index is 1.20. The van der Waals surface area contributed by atoms with Crippen LogP contribution in [0.4, 0.5) is 10.8 Å². The van der Waals surface area contributed by atoms with E-state index in [2.05, 4.69) is 25.4 Å². The first-order valence-corrected chi connectivity index (χ1v) is 10.6. The van der Waals surface area contributed by atoms with E-state index < -0.39 is 0 Å². The molecule has 3 heterocycles. The summed E-state index contributed by atoms with van der Waals surface area (Å²) in [6, 6.07) is 8.49. The van der Waals surface area contributed by atoms with Crippen LogP contribution < -0.4 is 10.2 Å². The van der Waals surface area contributed by atoms with Crippen molar-refractivity contribution in [2.24, 2.45) is 0 Å². The van der Waals surface area contributed by atoms with Crippen molar-refractivity contribution in [3.63, 3.8) is 0 Å². The summed E-state index contributed by atoms with van der Waals surface area (Å²) in [4.78, 5) is 29.9. The first kappa shape index (κ1) is 18.8. The van der Waals surface area contributed by atoms with Crippen LogP contribution in [0.15, 0.2) is 35.0 Å². The van der Waals surface area contributed by atoms with Crippen LogP contribution in [-0.4, -0.2) is 63.3 Å². The highest BCUT2D eigenvalue weighted by molar-refractivity contribution is 5.76. The number of anilines is 1. The zero-order valence-corrected chi connectivity index (χ0v) is 16.8. The van der Waals surface area contributed by atoms with E-state index in [1.807, 2.05) is 34.1 Å². The molecule has 0 bridgehead atoms. The molecule has 1 saturated heterocycles. The molecule has 1 aliphatic heterocycles. The number of nitrogens with one attached hydrogen (secondary N) is 1. The van der Waals surface area contributed by atoms with Crippen LogP contribution in [0.25, 0.3) is 22.6 Å². The van der Waals surface area contributed by atoms with Crippen molar-refractivity contribution >= 4 is 23.1 Å². The molecule has 5 rings (SSSR count). The summed E-state index contributed by atoms with van der Waals surface area (Å²) in [6.45, 7) is 2.57. The van der Waals surface area contributed by atoms with E-state index in [1.165, 1.54) is 19.3 Å². The highest BCUT2D eigenvalue weighted by Gasteiger charge is 2.26. The fourth-order valence-corrected chi connectivity index (χ4v) is 4.13. The molecule has 1 saturated carbocycles. The molecular formula is C21H25N7O2. The van der Waals surface area contributed by atoms with Crippen LogP contribution in [0.5, 0.6) is 0 Å². The quantitative estimate of drug-likeness (QED) is 0.712. The maximum atomic E-state index is 12.5. The average Bonchev–Trinajstić information content (AvgIpc) is 3.30. The molecule has 0 spiro atoms. The molecule has 1 aliphatic carbocycles. The largest absolute Gasteiger partial charge is 0.335 e. The summed E-state index contributed by atoms with van der Waals surface area (Å²) in [7, 11) is 0. The smallest absolute Gasteiger partial charge is 0.324 e. The van der Waals surface area contributed by atoms with Gasteiger partial charge in [0.15, 0.2) is 0 Å². The Morgan fingerprint density at radius 3 is 2.57 bits per heavy atom. The van der Waals surface area contributed by atoms with Crippen molar-refractivity contribution in [3.05, 3.63) is 30.5 Å². The minimum absolute atomic E-state index is 0.0409. The summed E-state index contributed by atoms with van der Waals surface area (Å²) in [5, 5.41) is 7.26. The molecule has 2 amide bonds. The summed E-state index contributed by atoms with van der Waals surface area (Å²) in [6.07, 6.45) is 7.54. The van der Waals surface area contributed by atoms with Crippen molar-refractivity contribution in [3.8, 4) is 11.5 Å². The number of amides is 2. The molecule has 2 fully saturated rings. The number of aromatic nitrogens is 4. The first-order valence-electron chi connectivity index (χ1n) is 10.6. The molecule has 1 aromatic carbocycles. The standard InChI is InChI=1S/C21H25N7O2/c29-20(23-15-6-2-1-3-7-15)27-10-12-28(13-11-27)21-25-19(26-30-21)18-14-22-16-8-4-5-9-17(16)24-18/h4-5,8-9,14-15H,1-3,6-7,10-13H2,(H,23,29). The van der Waals surface area contributed by atoms with Gasteiger partial charge in [0.25, 0.3) is 0 Å². The van der Waals surface area contributed by atoms with Gasteiger partial charge in [-0.25, -0.2) is 9.78 Å². The molecule has 9 nitrogen and oxygen atoms in total. The number of hydrogen-bond acceptors (Lipinski definition) is 7. The third-order valence-corrected chi connectivity index (χ3v) is 5.86. The fourth-order valence-electron chi connectivity index (χ4n) is 4.13. The predicted octanol–water partition coefficient (Wildman–Crippen LogP) is 2.84. The Kier molecular flexibility index (Phi) is 5.17. The number of rotatable bonds is 3. The molecule has 0 unspecified atom stereocenters. The number of piperazine rings is 1. The van der Waals surface area contributed by atoms with Gasteiger partial charge in [0.1, 0.15) is 5.69 Å².